The molecule has 0 saturated carbocycles. The largest absolute Gasteiger partial charge is 0.449 e. The van der Waals surface area contributed by atoms with Gasteiger partial charge in [-0.1, -0.05) is 61.5 Å². The third-order valence-corrected chi connectivity index (χ3v) is 8.48. The van der Waals surface area contributed by atoms with E-state index in [2.05, 4.69) is 10.3 Å². The molecule has 42 heavy (non-hydrogen) atoms. The minimum atomic E-state index is -1.06. The normalized spacial score (nSPS) is 11.8. The predicted molar refractivity (Wildman–Crippen MR) is 165 cm³/mol. The fourth-order valence-electron chi connectivity index (χ4n) is 4.62. The molecule has 4 aromatic carbocycles. The van der Waals surface area contributed by atoms with Crippen molar-refractivity contribution in [1.29, 1.82) is 0 Å². The van der Waals surface area contributed by atoms with Crippen LogP contribution in [0.1, 0.15) is 23.7 Å². The first-order valence-electron chi connectivity index (χ1n) is 13.0. The van der Waals surface area contributed by atoms with Gasteiger partial charge in [-0.2, -0.15) is 0 Å². The topological polar surface area (TPSA) is 124 Å². The lowest BCUT2D eigenvalue weighted by molar-refractivity contribution is -0.384. The van der Waals surface area contributed by atoms with Crippen LogP contribution >= 0.6 is 22.7 Å². The standard InChI is InChI=1S/C31H22N4O5S2/c1-2-25(28(36)34-31-33-24(17-41-31)19-10-5-11-20(16-19)35(38)39)40-30(37)22-13-7-9-18-8-6-12-21(27(18)22)29-32-23-14-3-4-15-26(23)42-29/h3-17,25H,2H2,1H3,(H,33,34,36). The molecule has 0 spiro atoms. The quantitative estimate of drug-likeness (QED) is 0.109. The smallest absolute Gasteiger partial charge is 0.339 e. The van der Waals surface area contributed by atoms with Crippen LogP contribution in [0.25, 0.3) is 42.8 Å². The summed E-state index contributed by atoms with van der Waals surface area (Å²) in [5, 5.41) is 18.2. The monoisotopic (exact) mass is 594 g/mol. The molecule has 11 heteroatoms. The summed E-state index contributed by atoms with van der Waals surface area (Å²) in [6, 6.07) is 25.2. The molecule has 0 aliphatic rings. The summed E-state index contributed by atoms with van der Waals surface area (Å²) in [6.45, 7) is 1.75. The Bertz CT molecular complexity index is 1940. The molecule has 9 nitrogen and oxygen atoms in total. The van der Waals surface area contributed by atoms with Gasteiger partial charge in [0.2, 0.25) is 0 Å². The average Bonchev–Trinajstić information content (AvgIpc) is 3.66. The second kappa shape index (κ2) is 11.5. The molecule has 2 heterocycles. The number of hydrogen-bond donors (Lipinski definition) is 1. The van der Waals surface area contributed by atoms with E-state index in [0.29, 0.717) is 27.3 Å². The van der Waals surface area contributed by atoms with Crippen molar-refractivity contribution in [3.05, 3.63) is 106 Å². The molecular weight excluding hydrogens is 572 g/mol. The van der Waals surface area contributed by atoms with E-state index in [9.17, 15) is 19.7 Å². The Morgan fingerprint density at radius 1 is 1.00 bits per heavy atom. The number of amides is 1. The highest BCUT2D eigenvalue weighted by Crippen LogP contribution is 2.36. The molecule has 6 rings (SSSR count). The van der Waals surface area contributed by atoms with Crippen molar-refractivity contribution in [3.63, 3.8) is 0 Å². The van der Waals surface area contributed by atoms with E-state index in [4.69, 9.17) is 9.72 Å². The van der Waals surface area contributed by atoms with Crippen LogP contribution in [0.4, 0.5) is 10.8 Å². The van der Waals surface area contributed by atoms with Crippen LogP contribution < -0.4 is 5.32 Å². The number of nitro groups is 1. The SMILES string of the molecule is CCC(OC(=O)c1cccc2cccc(-c3nc4ccccc4s3)c12)C(=O)Nc1nc(-c2cccc([N+](=O)[O-])c2)cs1. The van der Waals surface area contributed by atoms with Crippen molar-refractivity contribution in [2.75, 3.05) is 5.32 Å². The highest BCUT2D eigenvalue weighted by molar-refractivity contribution is 7.21. The number of ether oxygens (including phenoxy) is 1. The van der Waals surface area contributed by atoms with Gasteiger partial charge in [0.25, 0.3) is 11.6 Å². The van der Waals surface area contributed by atoms with Crippen molar-refractivity contribution >= 4 is 66.4 Å². The van der Waals surface area contributed by atoms with Gasteiger partial charge in [-0.25, -0.2) is 14.8 Å². The molecule has 1 amide bonds. The van der Waals surface area contributed by atoms with Gasteiger partial charge in [0.15, 0.2) is 11.2 Å². The van der Waals surface area contributed by atoms with Gasteiger partial charge in [-0.3, -0.25) is 20.2 Å². The van der Waals surface area contributed by atoms with E-state index in [1.54, 1.807) is 47.9 Å². The molecule has 6 aromatic rings. The molecule has 0 aliphatic heterocycles. The first kappa shape index (κ1) is 27.2. The molecule has 208 valence electrons. The van der Waals surface area contributed by atoms with Crippen LogP contribution in [0.5, 0.6) is 0 Å². The molecule has 1 N–H and O–H groups in total. The second-order valence-corrected chi connectivity index (χ2v) is 11.2. The molecule has 1 unspecified atom stereocenters. The number of nitrogens with one attached hydrogen (secondary N) is 1. The number of rotatable bonds is 8. The maximum absolute atomic E-state index is 13.5. The Morgan fingerprint density at radius 3 is 2.57 bits per heavy atom. The van der Waals surface area contributed by atoms with Gasteiger partial charge in [0.05, 0.1) is 26.4 Å². The van der Waals surface area contributed by atoms with Crippen LogP contribution in [-0.2, 0) is 9.53 Å². The summed E-state index contributed by atoms with van der Waals surface area (Å²) in [5.41, 5.74) is 3.03. The Hall–Kier alpha value is -5.00. The van der Waals surface area contributed by atoms with Gasteiger partial charge >= 0.3 is 5.97 Å². The second-order valence-electron chi connectivity index (χ2n) is 9.33. The van der Waals surface area contributed by atoms with Crippen molar-refractivity contribution in [3.8, 4) is 21.8 Å². The third kappa shape index (κ3) is 5.35. The number of hydrogen-bond acceptors (Lipinski definition) is 9. The first-order chi connectivity index (χ1) is 20.4. The Balaban J connectivity index is 1.24. The lowest BCUT2D eigenvalue weighted by atomic mass is 9.99. The zero-order chi connectivity index (χ0) is 29.2. The van der Waals surface area contributed by atoms with E-state index in [1.807, 2.05) is 48.5 Å². The van der Waals surface area contributed by atoms with E-state index < -0.39 is 22.9 Å². The lowest BCUT2D eigenvalue weighted by Crippen LogP contribution is -2.32. The summed E-state index contributed by atoms with van der Waals surface area (Å²) in [6.07, 6.45) is -0.816. The summed E-state index contributed by atoms with van der Waals surface area (Å²) in [7, 11) is 0. The average molecular weight is 595 g/mol. The summed E-state index contributed by atoms with van der Waals surface area (Å²) in [5.74, 6) is -1.13. The van der Waals surface area contributed by atoms with Crippen LogP contribution in [0.3, 0.4) is 0 Å². The zero-order valence-corrected chi connectivity index (χ0v) is 23.8. The molecule has 0 saturated heterocycles. The van der Waals surface area contributed by atoms with Crippen molar-refractivity contribution in [1.82, 2.24) is 9.97 Å². The number of non-ortho nitro benzene ring substituents is 1. The number of carbonyl (C=O) groups excluding carboxylic acids is 2. The molecule has 1 atom stereocenters. The van der Waals surface area contributed by atoms with Gasteiger partial charge < -0.3 is 4.74 Å². The number of nitrogens with zero attached hydrogens (tertiary/aromatic N) is 3. The number of fused-ring (bicyclic) bond motifs is 2. The molecular formula is C31H22N4O5S2. The van der Waals surface area contributed by atoms with Crippen LogP contribution in [0.15, 0.2) is 90.3 Å². The number of thiazole rings is 2. The van der Waals surface area contributed by atoms with E-state index in [1.165, 1.54) is 23.5 Å². The van der Waals surface area contributed by atoms with Gasteiger partial charge in [-0.05, 0) is 30.0 Å². The highest BCUT2D eigenvalue weighted by atomic mass is 32.1. The molecule has 0 fully saturated rings. The zero-order valence-electron chi connectivity index (χ0n) is 22.1. The van der Waals surface area contributed by atoms with Crippen molar-refractivity contribution in [2.24, 2.45) is 0 Å². The molecule has 0 radical (unpaired) electrons. The van der Waals surface area contributed by atoms with E-state index in [-0.39, 0.29) is 12.1 Å². The highest BCUT2D eigenvalue weighted by Gasteiger charge is 2.25. The maximum Gasteiger partial charge on any atom is 0.339 e. The molecule has 0 bridgehead atoms. The van der Waals surface area contributed by atoms with E-state index in [0.717, 1.165) is 26.2 Å². The lowest BCUT2D eigenvalue weighted by Gasteiger charge is -2.16. The Morgan fingerprint density at radius 2 is 1.79 bits per heavy atom. The van der Waals surface area contributed by atoms with Crippen LogP contribution in [0, 0.1) is 10.1 Å². The van der Waals surface area contributed by atoms with Crippen LogP contribution in [-0.4, -0.2) is 32.9 Å². The summed E-state index contributed by atoms with van der Waals surface area (Å²) < 4.78 is 6.79. The third-order valence-electron chi connectivity index (χ3n) is 6.65. The summed E-state index contributed by atoms with van der Waals surface area (Å²) >= 11 is 2.72. The van der Waals surface area contributed by atoms with Gasteiger partial charge in [-0.15, -0.1) is 22.7 Å². The van der Waals surface area contributed by atoms with Gasteiger partial charge in [0, 0.05) is 34.0 Å². The van der Waals surface area contributed by atoms with Gasteiger partial charge in [0.1, 0.15) is 5.01 Å². The Labute approximate surface area is 247 Å². The fourth-order valence-corrected chi connectivity index (χ4v) is 6.34. The predicted octanol–water partition coefficient (Wildman–Crippen LogP) is 7.72. The molecule has 0 aliphatic carbocycles. The van der Waals surface area contributed by atoms with Crippen LogP contribution in [0.2, 0.25) is 0 Å². The number of esters is 1. The number of anilines is 1. The number of nitro benzene ring substituents is 1. The minimum Gasteiger partial charge on any atom is -0.449 e. The minimum absolute atomic E-state index is 0.0521. The first-order valence-corrected chi connectivity index (χ1v) is 14.7. The van der Waals surface area contributed by atoms with Crippen molar-refractivity contribution in [2.45, 2.75) is 19.4 Å². The number of carbonyl (C=O) groups is 2. The number of aromatic nitrogens is 2. The Kier molecular flexibility index (Phi) is 7.43. The molecule has 2 aromatic heterocycles. The fraction of sp³-hybridized carbons (Fsp3) is 0.0968. The summed E-state index contributed by atoms with van der Waals surface area (Å²) in [4.78, 5) is 46.5. The van der Waals surface area contributed by atoms with Crippen molar-refractivity contribution < 1.29 is 19.2 Å². The number of benzene rings is 4. The number of para-hydroxylation sites is 1. The van der Waals surface area contributed by atoms with E-state index >= 15 is 0 Å². The maximum atomic E-state index is 13.5.